The Morgan fingerprint density at radius 3 is 1.26 bits per heavy atom. The largest absolute Gasteiger partial charge is 0.444 e. The number of amides is 2. The Morgan fingerprint density at radius 2 is 0.908 bits per heavy atom. The Hall–Kier alpha value is -8.35. The quantitative estimate of drug-likeness (QED) is 0.0226. The van der Waals surface area contributed by atoms with Crippen LogP contribution in [0.15, 0.2) is 105 Å². The van der Waals surface area contributed by atoms with Crippen LogP contribution in [0.25, 0.3) is 0 Å². The van der Waals surface area contributed by atoms with Gasteiger partial charge in [0.05, 0.1) is 5.41 Å². The predicted molar refractivity (Wildman–Crippen MR) is 421 cm³/mol. The maximum absolute atomic E-state index is 13.3. The van der Waals surface area contributed by atoms with Crippen LogP contribution in [0, 0.1) is 28.3 Å². The lowest BCUT2D eigenvalue weighted by Crippen LogP contribution is -2.45. The molecule has 11 aliphatic rings. The summed E-state index contributed by atoms with van der Waals surface area (Å²) in [5.74, 6) is 3.16. The van der Waals surface area contributed by atoms with E-state index in [1.807, 2.05) is 70.7 Å². The maximum atomic E-state index is 13.3. The molecule has 594 valence electrons. The first-order valence-corrected chi connectivity index (χ1v) is 39.7. The number of nitrogens with two attached hydrogens (primary N) is 1. The second-order valence-corrected chi connectivity index (χ2v) is 34.1. The summed E-state index contributed by atoms with van der Waals surface area (Å²) < 4.78 is 22.7. The number of ether oxygens (including phenoxy) is 2. The van der Waals surface area contributed by atoms with Crippen LogP contribution >= 0.6 is 0 Å². The minimum atomic E-state index is -0.556. The van der Waals surface area contributed by atoms with Gasteiger partial charge in [0.2, 0.25) is 0 Å². The molecule has 0 radical (unpaired) electrons. The van der Waals surface area contributed by atoms with Gasteiger partial charge in [-0.05, 0) is 151 Å². The van der Waals surface area contributed by atoms with E-state index in [1.54, 1.807) is 14.7 Å². The molecule has 2 aromatic heterocycles. The van der Waals surface area contributed by atoms with Gasteiger partial charge in [0.15, 0.2) is 24.0 Å². The van der Waals surface area contributed by atoms with E-state index in [-0.39, 0.29) is 40.9 Å². The lowest BCUT2D eigenvalue weighted by molar-refractivity contribution is 0.0197. The molecule has 5 aliphatic heterocycles. The Labute approximate surface area is 646 Å². The molecular formula is C81H123N21O7. The summed E-state index contributed by atoms with van der Waals surface area (Å²) in [5.41, 5.74) is 8.19. The first kappa shape index (κ1) is 81.6. The third kappa shape index (κ3) is 23.6. The number of nitrogens with zero attached hydrogens (tertiary/aromatic N) is 18. The molecule has 11 fully saturated rings. The van der Waals surface area contributed by atoms with Crippen LogP contribution in [-0.4, -0.2) is 303 Å². The average molecular weight is 1500 g/mol. The van der Waals surface area contributed by atoms with E-state index in [0.29, 0.717) is 48.9 Å². The Kier molecular flexibility index (Phi) is 27.5. The number of hydrogen-bond donors (Lipinski definition) is 4. The molecule has 6 aliphatic carbocycles. The molecular weight excluding hydrogens is 1380 g/mol. The predicted octanol–water partition coefficient (Wildman–Crippen LogP) is 7.90. The third-order valence-electron chi connectivity index (χ3n) is 22.9. The molecule has 6 atom stereocenters. The standard InChI is InChI=1S/C25H35N5O3.C20H27N5O.C19H27N3O3.2C6H11N3.C5H12N2/c1-24(2,3)32-23(31)30(20-16-19(20)18-8-6-5-7-9-18)17-25(10-11-25)21-26-22(33-27-21)29-14-12-28(4)13-15-29;1-24-9-11-25(12-10-24)19-22-18(23-26-19)20(7-8-20)14-21-17-13-16(17)15-5-3-2-4-6-15;1-18(2,3)25-17(23)22(12-19(9-10-19)16(20)21-24)15-11-14(15)13-7-5-4-6-8-13;2*1-8-2-4-9(6-7)5-3-8;1-7-4-2-6-3-5-7/h5-9,19-20H,10-17H2,1-4H3;2-6,16-17,21H,7-14H2,1H3;4-8,14-15,24H,9-12H2,1-3H3,(H2,20,21);2*2-5H2,1H3;6H,2-5H2,1H3/t19-,20+;16-,17+;14-,15+;;;/m000.../s1. The summed E-state index contributed by atoms with van der Waals surface area (Å²) in [4.78, 5) is 58.7. The highest BCUT2D eigenvalue weighted by atomic mass is 16.6. The molecule has 5 saturated heterocycles. The summed E-state index contributed by atoms with van der Waals surface area (Å²) in [6.07, 6.45) is 12.7. The van der Waals surface area contributed by atoms with Gasteiger partial charge < -0.3 is 94.0 Å². The molecule has 5 N–H and O–H groups in total. The van der Waals surface area contributed by atoms with Crippen molar-refractivity contribution in [3.8, 4) is 12.4 Å². The second kappa shape index (κ2) is 36.7. The minimum Gasteiger partial charge on any atom is -0.444 e. The zero-order chi connectivity index (χ0) is 77.5. The normalized spacial score (nSPS) is 24.8. The number of benzene rings is 3. The van der Waals surface area contributed by atoms with E-state index in [4.69, 9.17) is 50.0 Å². The van der Waals surface area contributed by atoms with Crippen molar-refractivity contribution in [2.45, 2.75) is 157 Å². The molecule has 3 aromatic carbocycles. The lowest BCUT2D eigenvalue weighted by Gasteiger charge is -2.31. The number of anilines is 2. The molecule has 16 rings (SSSR count). The Balaban J connectivity index is 0.000000141. The van der Waals surface area contributed by atoms with Gasteiger partial charge in [0.25, 0.3) is 0 Å². The fraction of sp³-hybridized carbons (Fsp3) is 0.667. The summed E-state index contributed by atoms with van der Waals surface area (Å²) >= 11 is 0. The summed E-state index contributed by atoms with van der Waals surface area (Å²) in [6, 6.07) is 33.6. The topological polar surface area (TPSA) is 296 Å². The zero-order valence-corrected chi connectivity index (χ0v) is 66.8. The van der Waals surface area contributed by atoms with E-state index >= 15 is 0 Å². The van der Waals surface area contributed by atoms with Gasteiger partial charge in [-0.15, -0.1) is 0 Å². The summed E-state index contributed by atoms with van der Waals surface area (Å²) in [5, 5.41) is 44.9. The summed E-state index contributed by atoms with van der Waals surface area (Å²) in [6.45, 7) is 33.5. The minimum absolute atomic E-state index is 0.0954. The molecule has 0 unspecified atom stereocenters. The Morgan fingerprint density at radius 1 is 0.541 bits per heavy atom. The monoisotopic (exact) mass is 1500 g/mol. The fourth-order valence-corrected chi connectivity index (χ4v) is 14.6. The number of nitriles is 2. The van der Waals surface area contributed by atoms with Crippen molar-refractivity contribution in [1.29, 1.82) is 10.5 Å². The third-order valence-corrected chi connectivity index (χ3v) is 22.9. The average Bonchev–Trinajstić information content (AvgIpc) is 1.59. The highest BCUT2D eigenvalue weighted by Crippen LogP contribution is 2.54. The van der Waals surface area contributed by atoms with Crippen molar-refractivity contribution in [1.82, 2.24) is 75.0 Å². The molecule has 28 nitrogen and oxygen atoms in total. The van der Waals surface area contributed by atoms with Crippen LogP contribution in [0.5, 0.6) is 0 Å². The fourth-order valence-electron chi connectivity index (χ4n) is 14.6. The van der Waals surface area contributed by atoms with E-state index in [9.17, 15) is 9.59 Å². The van der Waals surface area contributed by atoms with Crippen molar-refractivity contribution in [3.05, 3.63) is 119 Å². The van der Waals surface area contributed by atoms with Gasteiger partial charge in [-0.25, -0.2) is 9.59 Å². The molecule has 28 heteroatoms. The number of rotatable bonds is 17. The highest BCUT2D eigenvalue weighted by molar-refractivity contribution is 5.89. The van der Waals surface area contributed by atoms with Crippen molar-refractivity contribution in [3.63, 3.8) is 0 Å². The van der Waals surface area contributed by atoms with Crippen LogP contribution in [0.1, 0.15) is 145 Å². The van der Waals surface area contributed by atoms with Gasteiger partial charge in [0, 0.05) is 197 Å². The van der Waals surface area contributed by atoms with Crippen LogP contribution in [0.3, 0.4) is 0 Å². The molecule has 2 amide bonds. The number of hydrogen-bond acceptors (Lipinski definition) is 25. The van der Waals surface area contributed by atoms with Crippen LogP contribution in [-0.2, 0) is 20.3 Å². The smallest absolute Gasteiger partial charge is 0.410 e. The van der Waals surface area contributed by atoms with Crippen LogP contribution < -0.4 is 26.2 Å². The van der Waals surface area contributed by atoms with Gasteiger partial charge >= 0.3 is 24.2 Å². The number of aromatic nitrogens is 4. The van der Waals surface area contributed by atoms with Crippen LogP contribution in [0.4, 0.5) is 21.6 Å². The van der Waals surface area contributed by atoms with Gasteiger partial charge in [0.1, 0.15) is 17.0 Å². The number of oxime groups is 1. The van der Waals surface area contributed by atoms with Gasteiger partial charge in [-0.2, -0.15) is 20.5 Å². The number of amidine groups is 1. The van der Waals surface area contributed by atoms with Crippen LogP contribution in [0.2, 0.25) is 0 Å². The van der Waals surface area contributed by atoms with Crippen molar-refractivity contribution >= 4 is 30.1 Å². The SMILES string of the molecule is CC(C)(C)OC(=O)N(CC1(C(N)=NO)CC1)[C@@H]1C[C@H]1c1ccccc1.CN1CCN(C#N)CC1.CN1CCN(C#N)CC1.CN1CCN(c2nc(C3(CN(C(=O)OC(C)(C)C)[C@@H]4C[C@H]4c4ccccc4)CC3)no2)CC1.CN1CCN(c2nc(C3(CN[C@@H]4C[C@H]4c4ccccc4)CC3)no2)CC1.CN1CCNCC1. The van der Waals surface area contributed by atoms with Crippen molar-refractivity contribution < 1.29 is 33.3 Å². The first-order valence-electron chi connectivity index (χ1n) is 39.7. The van der Waals surface area contributed by atoms with E-state index in [1.165, 1.54) is 36.2 Å². The number of carbonyl (C=O) groups excluding carboxylic acids is 2. The number of nitrogens with one attached hydrogen (secondary N) is 2. The molecule has 6 saturated carbocycles. The van der Waals surface area contributed by atoms with Gasteiger partial charge in [-0.1, -0.05) is 106 Å². The molecule has 5 aromatic rings. The highest BCUT2D eigenvalue weighted by Gasteiger charge is 2.57. The molecule has 109 heavy (non-hydrogen) atoms. The molecule has 7 heterocycles. The molecule has 0 spiro atoms. The maximum Gasteiger partial charge on any atom is 0.410 e. The van der Waals surface area contributed by atoms with E-state index in [2.05, 4.69) is 175 Å². The number of likely N-dealkylation sites (N-methyl/N-ethyl adjacent to an activating group) is 5. The van der Waals surface area contributed by atoms with E-state index < -0.39 is 16.6 Å². The zero-order valence-electron chi connectivity index (χ0n) is 66.8. The van der Waals surface area contributed by atoms with Crippen molar-refractivity contribution in [2.75, 3.05) is 196 Å². The van der Waals surface area contributed by atoms with E-state index in [0.717, 1.165) is 187 Å². The summed E-state index contributed by atoms with van der Waals surface area (Å²) in [7, 11) is 10.6. The second-order valence-electron chi connectivity index (χ2n) is 34.1. The Bertz CT molecular complexity index is 3720. The molecule has 0 bridgehead atoms. The van der Waals surface area contributed by atoms with Crippen molar-refractivity contribution in [2.24, 2.45) is 16.3 Å². The lowest BCUT2D eigenvalue weighted by atomic mass is 10.0. The first-order chi connectivity index (χ1) is 52.3. The number of piperazine rings is 5. The number of carbonyl (C=O) groups is 2. The van der Waals surface area contributed by atoms with Gasteiger partial charge in [-0.3, -0.25) is 0 Å².